The summed E-state index contributed by atoms with van der Waals surface area (Å²) in [6.07, 6.45) is 5.12. The summed E-state index contributed by atoms with van der Waals surface area (Å²) in [5.41, 5.74) is -0.983. The molecule has 0 heterocycles. The first-order valence-corrected chi connectivity index (χ1v) is 5.55. The van der Waals surface area contributed by atoms with Crippen LogP contribution in [0.25, 0.3) is 0 Å². The van der Waals surface area contributed by atoms with E-state index in [1.807, 2.05) is 0 Å². The van der Waals surface area contributed by atoms with E-state index in [-0.39, 0.29) is 6.54 Å². The van der Waals surface area contributed by atoms with Gasteiger partial charge in [0, 0.05) is 15.6 Å². The average Bonchev–Trinajstić information content (AvgIpc) is 2.29. The fourth-order valence-electron chi connectivity index (χ4n) is 1.39. The van der Waals surface area contributed by atoms with Gasteiger partial charge in [-0.05, 0) is 25.1 Å². The standard InChI is InChI=1S/C12H11Cl2NO2/c1-3-6-15-12(2,11(16)17)9-7-8(13)4-5-10(9)14/h1,4-5,7,15H,6H2,2H3,(H,16,17). The average molecular weight is 272 g/mol. The van der Waals surface area contributed by atoms with Gasteiger partial charge in [-0.2, -0.15) is 0 Å². The summed E-state index contributed by atoms with van der Waals surface area (Å²) < 4.78 is 0. The molecule has 0 aliphatic carbocycles. The van der Waals surface area contributed by atoms with Gasteiger partial charge in [0.15, 0.2) is 0 Å². The Morgan fingerprint density at radius 3 is 2.76 bits per heavy atom. The second kappa shape index (κ2) is 5.42. The largest absolute Gasteiger partial charge is 0.480 e. The first kappa shape index (κ1) is 13.9. The molecule has 2 N–H and O–H groups in total. The molecule has 0 aromatic heterocycles. The maximum absolute atomic E-state index is 11.4. The molecule has 0 aliphatic heterocycles. The first-order chi connectivity index (χ1) is 7.91. The van der Waals surface area contributed by atoms with Gasteiger partial charge in [0.2, 0.25) is 0 Å². The van der Waals surface area contributed by atoms with Gasteiger partial charge in [-0.1, -0.05) is 29.1 Å². The third kappa shape index (κ3) is 2.92. The Morgan fingerprint density at radius 1 is 1.59 bits per heavy atom. The quantitative estimate of drug-likeness (QED) is 0.828. The minimum atomic E-state index is -1.37. The van der Waals surface area contributed by atoms with E-state index in [1.165, 1.54) is 13.0 Å². The van der Waals surface area contributed by atoms with Gasteiger partial charge in [-0.15, -0.1) is 6.42 Å². The number of halogens is 2. The van der Waals surface area contributed by atoms with Gasteiger partial charge in [-0.25, -0.2) is 4.79 Å². The Morgan fingerprint density at radius 2 is 2.24 bits per heavy atom. The molecular formula is C12H11Cl2NO2. The van der Waals surface area contributed by atoms with Crippen LogP contribution in [-0.2, 0) is 10.3 Å². The van der Waals surface area contributed by atoms with Crippen LogP contribution in [-0.4, -0.2) is 17.6 Å². The van der Waals surface area contributed by atoms with Gasteiger partial charge >= 0.3 is 5.97 Å². The summed E-state index contributed by atoms with van der Waals surface area (Å²) in [7, 11) is 0. The third-order valence-electron chi connectivity index (χ3n) is 2.44. The smallest absolute Gasteiger partial charge is 0.328 e. The molecule has 1 atom stereocenters. The molecular weight excluding hydrogens is 261 g/mol. The predicted molar refractivity (Wildman–Crippen MR) is 68.3 cm³/mol. The molecule has 0 saturated heterocycles. The van der Waals surface area contributed by atoms with Crippen LogP contribution in [0.1, 0.15) is 12.5 Å². The Hall–Kier alpha value is -1.21. The SMILES string of the molecule is C#CCNC(C)(C(=O)O)c1cc(Cl)ccc1Cl. The molecule has 1 rings (SSSR count). The second-order valence-corrected chi connectivity index (χ2v) is 4.46. The minimum Gasteiger partial charge on any atom is -0.480 e. The zero-order valence-electron chi connectivity index (χ0n) is 9.13. The Balaban J connectivity index is 3.27. The van der Waals surface area contributed by atoms with Gasteiger partial charge < -0.3 is 5.11 Å². The number of terminal acetylenes is 1. The van der Waals surface area contributed by atoms with Crippen molar-refractivity contribution in [1.29, 1.82) is 0 Å². The monoisotopic (exact) mass is 271 g/mol. The summed E-state index contributed by atoms with van der Waals surface area (Å²) in [6.45, 7) is 1.61. The summed E-state index contributed by atoms with van der Waals surface area (Å²) in [5.74, 6) is 1.26. The van der Waals surface area contributed by atoms with E-state index in [4.69, 9.17) is 29.6 Å². The van der Waals surface area contributed by atoms with Crippen molar-refractivity contribution in [3.05, 3.63) is 33.8 Å². The fraction of sp³-hybridized carbons (Fsp3) is 0.250. The van der Waals surface area contributed by atoms with Crippen molar-refractivity contribution in [3.8, 4) is 12.3 Å². The lowest BCUT2D eigenvalue weighted by atomic mass is 9.92. The molecule has 0 fully saturated rings. The maximum Gasteiger partial charge on any atom is 0.328 e. The lowest BCUT2D eigenvalue weighted by molar-refractivity contribution is -0.144. The van der Waals surface area contributed by atoms with E-state index in [2.05, 4.69) is 11.2 Å². The number of hydrogen-bond donors (Lipinski definition) is 2. The highest BCUT2D eigenvalue weighted by atomic mass is 35.5. The summed E-state index contributed by atoms with van der Waals surface area (Å²) >= 11 is 11.8. The van der Waals surface area contributed by atoms with Crippen LogP contribution in [0.2, 0.25) is 10.0 Å². The van der Waals surface area contributed by atoms with Crippen molar-refractivity contribution >= 4 is 29.2 Å². The molecule has 0 saturated carbocycles. The van der Waals surface area contributed by atoms with Crippen molar-refractivity contribution in [2.24, 2.45) is 0 Å². The number of benzene rings is 1. The number of hydrogen-bond acceptors (Lipinski definition) is 2. The first-order valence-electron chi connectivity index (χ1n) is 4.79. The van der Waals surface area contributed by atoms with E-state index in [0.717, 1.165) is 0 Å². The van der Waals surface area contributed by atoms with Gasteiger partial charge in [0.25, 0.3) is 0 Å². The van der Waals surface area contributed by atoms with E-state index in [1.54, 1.807) is 12.1 Å². The zero-order chi connectivity index (χ0) is 13.1. The number of rotatable bonds is 4. The van der Waals surface area contributed by atoms with E-state index < -0.39 is 11.5 Å². The highest BCUT2D eigenvalue weighted by Gasteiger charge is 2.36. The third-order valence-corrected chi connectivity index (χ3v) is 3.00. The molecule has 0 aliphatic rings. The van der Waals surface area contributed by atoms with Crippen LogP contribution in [0, 0.1) is 12.3 Å². The van der Waals surface area contributed by atoms with Crippen molar-refractivity contribution in [2.45, 2.75) is 12.5 Å². The van der Waals surface area contributed by atoms with Crippen molar-refractivity contribution in [3.63, 3.8) is 0 Å². The molecule has 0 radical (unpaired) electrons. The number of carboxylic acid groups (broad SMARTS) is 1. The molecule has 0 bridgehead atoms. The number of aliphatic carboxylic acids is 1. The van der Waals surface area contributed by atoms with Crippen LogP contribution < -0.4 is 5.32 Å². The normalized spacial score (nSPS) is 13.8. The van der Waals surface area contributed by atoms with Gasteiger partial charge in [0.1, 0.15) is 5.54 Å². The summed E-state index contributed by atoms with van der Waals surface area (Å²) in [4.78, 5) is 11.4. The van der Waals surface area contributed by atoms with Gasteiger partial charge in [-0.3, -0.25) is 5.32 Å². The summed E-state index contributed by atoms with van der Waals surface area (Å²) in [5, 5.41) is 12.8. The van der Waals surface area contributed by atoms with Gasteiger partial charge in [0.05, 0.1) is 6.54 Å². The lowest BCUT2D eigenvalue weighted by Gasteiger charge is -2.27. The predicted octanol–water partition coefficient (Wildman–Crippen LogP) is 2.52. The van der Waals surface area contributed by atoms with Crippen molar-refractivity contribution < 1.29 is 9.90 Å². The molecule has 0 amide bonds. The summed E-state index contributed by atoms with van der Waals surface area (Å²) in [6, 6.07) is 4.66. The Labute approximate surface area is 110 Å². The van der Waals surface area contributed by atoms with E-state index >= 15 is 0 Å². The highest BCUT2D eigenvalue weighted by Crippen LogP contribution is 2.30. The second-order valence-electron chi connectivity index (χ2n) is 3.61. The molecule has 0 spiro atoms. The number of carbonyl (C=O) groups is 1. The van der Waals surface area contributed by atoms with E-state index in [0.29, 0.717) is 15.6 Å². The molecule has 1 aromatic rings. The maximum atomic E-state index is 11.4. The lowest BCUT2D eigenvalue weighted by Crippen LogP contribution is -2.47. The molecule has 5 heteroatoms. The minimum absolute atomic E-state index is 0.117. The van der Waals surface area contributed by atoms with Crippen LogP contribution >= 0.6 is 23.2 Å². The molecule has 1 unspecified atom stereocenters. The Kier molecular flexibility index (Phi) is 4.41. The highest BCUT2D eigenvalue weighted by molar-refractivity contribution is 6.33. The van der Waals surface area contributed by atoms with Crippen molar-refractivity contribution in [2.75, 3.05) is 6.54 Å². The topological polar surface area (TPSA) is 49.3 Å². The number of nitrogens with one attached hydrogen (secondary N) is 1. The molecule has 3 nitrogen and oxygen atoms in total. The fourth-order valence-corrected chi connectivity index (χ4v) is 1.87. The molecule has 1 aromatic carbocycles. The molecule has 17 heavy (non-hydrogen) atoms. The molecule has 90 valence electrons. The van der Waals surface area contributed by atoms with Crippen LogP contribution in [0.4, 0.5) is 0 Å². The van der Waals surface area contributed by atoms with E-state index in [9.17, 15) is 9.90 Å². The van der Waals surface area contributed by atoms with Crippen LogP contribution in [0.15, 0.2) is 18.2 Å². The van der Waals surface area contributed by atoms with Crippen LogP contribution in [0.5, 0.6) is 0 Å². The van der Waals surface area contributed by atoms with Crippen LogP contribution in [0.3, 0.4) is 0 Å². The zero-order valence-corrected chi connectivity index (χ0v) is 10.6. The number of carboxylic acids is 1. The Bertz CT molecular complexity index is 482. The van der Waals surface area contributed by atoms with Crippen molar-refractivity contribution in [1.82, 2.24) is 5.32 Å².